The lowest BCUT2D eigenvalue weighted by atomic mass is 10.1. The summed E-state index contributed by atoms with van der Waals surface area (Å²) in [7, 11) is 1.84. The Kier molecular flexibility index (Phi) is 6.72. The Hall–Kier alpha value is -0.540. The number of amides is 1. The van der Waals surface area contributed by atoms with Crippen molar-refractivity contribution in [2.75, 3.05) is 12.4 Å². The van der Waals surface area contributed by atoms with E-state index in [1.165, 1.54) is 0 Å². The fourth-order valence-corrected chi connectivity index (χ4v) is 2.48. The molecule has 18 heavy (non-hydrogen) atoms. The molecule has 0 fully saturated rings. The minimum absolute atomic E-state index is 0.00942. The van der Waals surface area contributed by atoms with Crippen LogP contribution >= 0.6 is 27.5 Å². The molecule has 0 saturated carbocycles. The largest absolute Gasteiger partial charge is 0.339 e. The van der Waals surface area contributed by atoms with Crippen molar-refractivity contribution in [1.82, 2.24) is 4.90 Å². The summed E-state index contributed by atoms with van der Waals surface area (Å²) < 4.78 is 0. The van der Waals surface area contributed by atoms with Crippen molar-refractivity contribution >= 4 is 33.4 Å². The van der Waals surface area contributed by atoms with E-state index in [2.05, 4.69) is 15.9 Å². The lowest BCUT2D eigenvalue weighted by Crippen LogP contribution is -2.29. The fourth-order valence-electron chi connectivity index (χ4n) is 1.79. The highest BCUT2D eigenvalue weighted by atomic mass is 79.9. The molecule has 1 aromatic rings. The van der Waals surface area contributed by atoms with Crippen molar-refractivity contribution < 1.29 is 4.79 Å². The molecule has 0 N–H and O–H groups in total. The molecule has 1 rings (SSSR count). The second-order valence-electron chi connectivity index (χ2n) is 4.35. The second kappa shape index (κ2) is 7.80. The summed E-state index contributed by atoms with van der Waals surface area (Å²) in [5.74, 6) is 0.170. The minimum atomic E-state index is 0.00942. The summed E-state index contributed by atoms with van der Waals surface area (Å²) in [6.45, 7) is 2.00. The van der Waals surface area contributed by atoms with Crippen LogP contribution in [0.4, 0.5) is 0 Å². The third kappa shape index (κ3) is 4.29. The fraction of sp³-hybridized carbons (Fsp3) is 0.500. The molecule has 0 bridgehead atoms. The number of rotatable bonds is 6. The van der Waals surface area contributed by atoms with Gasteiger partial charge < -0.3 is 4.90 Å². The van der Waals surface area contributed by atoms with E-state index in [0.29, 0.717) is 11.4 Å². The van der Waals surface area contributed by atoms with Gasteiger partial charge in [-0.2, -0.15) is 0 Å². The number of alkyl halides is 1. The predicted octanol–water partition coefficient (Wildman–Crippen LogP) is 4.42. The molecule has 4 heteroatoms. The summed E-state index contributed by atoms with van der Waals surface area (Å²) in [5.41, 5.74) is 0.996. The zero-order valence-corrected chi connectivity index (χ0v) is 13.2. The third-order valence-electron chi connectivity index (χ3n) is 3.10. The molecule has 0 spiro atoms. The molecule has 1 unspecified atom stereocenters. The number of hydrogen-bond acceptors (Lipinski definition) is 1. The van der Waals surface area contributed by atoms with Crippen molar-refractivity contribution in [1.29, 1.82) is 0 Å². The molecule has 0 heterocycles. The van der Waals surface area contributed by atoms with Gasteiger partial charge in [-0.25, -0.2) is 0 Å². The van der Waals surface area contributed by atoms with Crippen molar-refractivity contribution in [3.8, 4) is 0 Å². The standard InChI is InChI=1S/C14H19BrClNO/c1-11(12-7-3-4-8-13(12)16)17(2)14(18)9-5-6-10-15/h3-4,7-8,11H,5-6,9-10H2,1-2H3. The van der Waals surface area contributed by atoms with Crippen molar-refractivity contribution in [3.63, 3.8) is 0 Å². The molecule has 1 amide bonds. The monoisotopic (exact) mass is 331 g/mol. The molecule has 0 aliphatic rings. The summed E-state index contributed by atoms with van der Waals surface area (Å²) in [5, 5.41) is 1.66. The Bertz CT molecular complexity index is 397. The van der Waals surface area contributed by atoms with E-state index in [9.17, 15) is 4.79 Å². The van der Waals surface area contributed by atoms with E-state index >= 15 is 0 Å². The molecule has 0 aromatic heterocycles. The van der Waals surface area contributed by atoms with E-state index in [1.54, 1.807) is 4.90 Å². The van der Waals surface area contributed by atoms with Gasteiger partial charge in [-0.05, 0) is 31.4 Å². The summed E-state index contributed by atoms with van der Waals surface area (Å²) in [6.07, 6.45) is 2.54. The first-order chi connectivity index (χ1) is 8.57. The predicted molar refractivity (Wildman–Crippen MR) is 80.3 cm³/mol. The van der Waals surface area contributed by atoms with Crippen molar-refractivity contribution in [3.05, 3.63) is 34.9 Å². The Labute approximate surface area is 122 Å². The average Bonchev–Trinajstić information content (AvgIpc) is 2.38. The second-order valence-corrected chi connectivity index (χ2v) is 5.55. The van der Waals surface area contributed by atoms with Crippen molar-refractivity contribution in [2.45, 2.75) is 32.2 Å². The molecule has 0 aliphatic heterocycles. The zero-order valence-electron chi connectivity index (χ0n) is 10.8. The lowest BCUT2D eigenvalue weighted by molar-refractivity contribution is -0.131. The Morgan fingerprint density at radius 1 is 1.39 bits per heavy atom. The van der Waals surface area contributed by atoms with E-state index in [-0.39, 0.29) is 11.9 Å². The van der Waals surface area contributed by atoms with Gasteiger partial charge in [0.15, 0.2) is 0 Å². The van der Waals surface area contributed by atoms with Gasteiger partial charge in [0.1, 0.15) is 0 Å². The van der Waals surface area contributed by atoms with E-state index < -0.39 is 0 Å². The molecule has 0 saturated heterocycles. The van der Waals surface area contributed by atoms with Crippen LogP contribution in [-0.4, -0.2) is 23.2 Å². The number of nitrogens with zero attached hydrogens (tertiary/aromatic N) is 1. The maximum Gasteiger partial charge on any atom is 0.222 e. The molecular formula is C14H19BrClNO. The van der Waals surface area contributed by atoms with Gasteiger partial charge in [0.25, 0.3) is 0 Å². The van der Waals surface area contributed by atoms with Crippen LogP contribution in [0.25, 0.3) is 0 Å². The number of halogens is 2. The number of hydrogen-bond donors (Lipinski definition) is 0. The van der Waals surface area contributed by atoms with E-state index in [0.717, 1.165) is 23.7 Å². The average molecular weight is 333 g/mol. The molecule has 2 nitrogen and oxygen atoms in total. The third-order valence-corrected chi connectivity index (χ3v) is 4.01. The van der Waals surface area contributed by atoms with E-state index in [4.69, 9.17) is 11.6 Å². The number of carbonyl (C=O) groups is 1. The molecule has 1 atom stereocenters. The summed E-state index contributed by atoms with van der Waals surface area (Å²) >= 11 is 9.52. The van der Waals surface area contributed by atoms with Gasteiger partial charge in [0.05, 0.1) is 6.04 Å². The summed E-state index contributed by atoms with van der Waals surface area (Å²) in [6, 6.07) is 7.68. The maximum atomic E-state index is 12.0. The van der Waals surface area contributed by atoms with Crippen LogP contribution < -0.4 is 0 Å². The van der Waals surface area contributed by atoms with Crippen LogP contribution in [0.5, 0.6) is 0 Å². The van der Waals surface area contributed by atoms with Crippen LogP contribution in [0.1, 0.15) is 37.8 Å². The Morgan fingerprint density at radius 2 is 2.06 bits per heavy atom. The van der Waals surface area contributed by atoms with Gasteiger partial charge in [0.2, 0.25) is 5.91 Å². The van der Waals surface area contributed by atoms with Gasteiger partial charge in [-0.15, -0.1) is 0 Å². The first kappa shape index (κ1) is 15.5. The molecule has 0 aliphatic carbocycles. The topological polar surface area (TPSA) is 20.3 Å². The molecule has 1 aromatic carbocycles. The highest BCUT2D eigenvalue weighted by Crippen LogP contribution is 2.26. The Balaban J connectivity index is 2.63. The van der Waals surface area contributed by atoms with Crippen LogP contribution in [0.15, 0.2) is 24.3 Å². The first-order valence-corrected chi connectivity index (χ1v) is 7.64. The van der Waals surface area contributed by atoms with Gasteiger partial charge >= 0.3 is 0 Å². The number of carbonyl (C=O) groups excluding carboxylic acids is 1. The van der Waals surface area contributed by atoms with Gasteiger partial charge in [0, 0.05) is 23.8 Å². The normalized spacial score (nSPS) is 12.2. The number of benzene rings is 1. The molecule has 100 valence electrons. The van der Waals surface area contributed by atoms with Gasteiger partial charge in [-0.1, -0.05) is 45.7 Å². The number of unbranched alkanes of at least 4 members (excludes halogenated alkanes) is 1. The summed E-state index contributed by atoms with van der Waals surface area (Å²) in [4.78, 5) is 13.8. The minimum Gasteiger partial charge on any atom is -0.339 e. The van der Waals surface area contributed by atoms with Crippen LogP contribution in [-0.2, 0) is 4.79 Å². The van der Waals surface area contributed by atoms with E-state index in [1.807, 2.05) is 38.2 Å². The molecular weight excluding hydrogens is 314 g/mol. The van der Waals surface area contributed by atoms with Gasteiger partial charge in [-0.3, -0.25) is 4.79 Å². The van der Waals surface area contributed by atoms with Crippen molar-refractivity contribution in [2.24, 2.45) is 0 Å². The van der Waals surface area contributed by atoms with Crippen LogP contribution in [0, 0.1) is 0 Å². The first-order valence-electron chi connectivity index (χ1n) is 6.14. The molecule has 0 radical (unpaired) electrons. The zero-order chi connectivity index (χ0) is 13.5. The van der Waals surface area contributed by atoms with Crippen LogP contribution in [0.3, 0.4) is 0 Å². The lowest BCUT2D eigenvalue weighted by Gasteiger charge is -2.26. The highest BCUT2D eigenvalue weighted by Gasteiger charge is 2.18. The quantitative estimate of drug-likeness (QED) is 0.557. The maximum absolute atomic E-state index is 12.0. The smallest absolute Gasteiger partial charge is 0.222 e. The highest BCUT2D eigenvalue weighted by molar-refractivity contribution is 9.09. The SMILES string of the molecule is CC(c1ccccc1Cl)N(C)C(=O)CCCCBr. The van der Waals surface area contributed by atoms with Crippen LogP contribution in [0.2, 0.25) is 5.02 Å². The Morgan fingerprint density at radius 3 is 2.67 bits per heavy atom.